The Hall–Kier alpha value is -0.990. The molecular formula is C14H23NO2. The van der Waals surface area contributed by atoms with Gasteiger partial charge in [0.25, 0.3) is 0 Å². The molecule has 0 bridgehead atoms. The van der Waals surface area contributed by atoms with Gasteiger partial charge in [-0.2, -0.15) is 0 Å². The Kier molecular flexibility index (Phi) is 2.96. The predicted molar refractivity (Wildman–Crippen MR) is 67.7 cm³/mol. The average Bonchev–Trinajstić information content (AvgIpc) is 2.85. The highest BCUT2D eigenvalue weighted by Crippen LogP contribution is 2.53. The van der Waals surface area contributed by atoms with E-state index in [0.29, 0.717) is 5.92 Å². The molecule has 4 unspecified atom stereocenters. The van der Waals surface area contributed by atoms with Crippen molar-refractivity contribution in [3.63, 3.8) is 0 Å². The van der Waals surface area contributed by atoms with Crippen LogP contribution in [0.25, 0.3) is 0 Å². The molecule has 0 aromatic heterocycles. The monoisotopic (exact) mass is 237 g/mol. The first-order valence-electron chi connectivity index (χ1n) is 6.45. The molecule has 2 fully saturated rings. The van der Waals surface area contributed by atoms with Crippen LogP contribution in [0, 0.1) is 17.8 Å². The molecule has 0 radical (unpaired) electrons. The molecule has 0 N–H and O–H groups in total. The average molecular weight is 237 g/mol. The number of nitrogens with zero attached hydrogens (tertiary/aromatic N) is 1. The summed E-state index contributed by atoms with van der Waals surface area (Å²) in [5.74, 6) is 2.22. The minimum atomic E-state index is -0.422. The molecule has 1 aliphatic carbocycles. The zero-order chi connectivity index (χ0) is 12.8. The Balaban J connectivity index is 2.03. The van der Waals surface area contributed by atoms with Gasteiger partial charge in [-0.1, -0.05) is 13.0 Å². The Bertz CT molecular complexity index is 332. The summed E-state index contributed by atoms with van der Waals surface area (Å²) in [5.41, 5.74) is -0.422. The van der Waals surface area contributed by atoms with Crippen LogP contribution in [0.1, 0.15) is 34.1 Å². The van der Waals surface area contributed by atoms with Crippen LogP contribution in [0.5, 0.6) is 0 Å². The molecule has 2 rings (SSSR count). The molecule has 2 aliphatic rings. The minimum Gasteiger partial charge on any atom is -0.444 e. The van der Waals surface area contributed by atoms with Gasteiger partial charge in [-0.3, -0.25) is 0 Å². The summed E-state index contributed by atoms with van der Waals surface area (Å²) >= 11 is 0. The van der Waals surface area contributed by atoms with Crippen LogP contribution in [0.15, 0.2) is 12.7 Å². The van der Waals surface area contributed by atoms with Crippen LogP contribution in [-0.4, -0.2) is 29.2 Å². The second-order valence-corrected chi connectivity index (χ2v) is 6.36. The lowest BCUT2D eigenvalue weighted by Crippen LogP contribution is -2.46. The summed E-state index contributed by atoms with van der Waals surface area (Å²) in [6.07, 6.45) is 2.74. The van der Waals surface area contributed by atoms with E-state index >= 15 is 0 Å². The molecule has 0 aromatic rings. The zero-order valence-electron chi connectivity index (χ0n) is 11.3. The molecule has 4 atom stereocenters. The molecule has 96 valence electrons. The fourth-order valence-corrected chi connectivity index (χ4v) is 2.85. The fraction of sp³-hybridized carbons (Fsp3) is 0.786. The second-order valence-electron chi connectivity index (χ2n) is 6.36. The molecule has 1 saturated heterocycles. The Labute approximate surface area is 104 Å². The van der Waals surface area contributed by atoms with Gasteiger partial charge in [-0.05, 0) is 44.9 Å². The van der Waals surface area contributed by atoms with Crippen molar-refractivity contribution < 1.29 is 9.53 Å². The van der Waals surface area contributed by atoms with Gasteiger partial charge in [0.2, 0.25) is 0 Å². The maximum atomic E-state index is 12.1. The molecule has 17 heavy (non-hydrogen) atoms. The van der Waals surface area contributed by atoms with Crippen molar-refractivity contribution in [1.82, 2.24) is 4.90 Å². The number of rotatable bonds is 1. The molecule has 0 aromatic carbocycles. The molecule has 3 heteroatoms. The van der Waals surface area contributed by atoms with Crippen molar-refractivity contribution in [2.24, 2.45) is 17.8 Å². The summed E-state index contributed by atoms with van der Waals surface area (Å²) in [4.78, 5) is 14.0. The molecule has 3 nitrogen and oxygen atoms in total. The lowest BCUT2D eigenvalue weighted by molar-refractivity contribution is 0.0139. The molecular weight excluding hydrogens is 214 g/mol. The summed E-state index contributed by atoms with van der Waals surface area (Å²) in [6.45, 7) is 12.7. The first kappa shape index (κ1) is 12.5. The van der Waals surface area contributed by atoms with E-state index in [1.807, 2.05) is 31.7 Å². The number of hydrogen-bond acceptors (Lipinski definition) is 2. The Morgan fingerprint density at radius 2 is 2.06 bits per heavy atom. The van der Waals surface area contributed by atoms with Crippen LogP contribution in [-0.2, 0) is 4.74 Å². The van der Waals surface area contributed by atoms with Crippen molar-refractivity contribution in [3.05, 3.63) is 12.7 Å². The van der Waals surface area contributed by atoms with Crippen molar-refractivity contribution in [2.75, 3.05) is 6.54 Å². The Morgan fingerprint density at radius 1 is 1.41 bits per heavy atom. The number of hydrogen-bond donors (Lipinski definition) is 0. The maximum absolute atomic E-state index is 12.1. The highest BCUT2D eigenvalue weighted by atomic mass is 16.6. The molecule has 1 aliphatic heterocycles. The number of ether oxygens (including phenoxy) is 1. The third-order valence-corrected chi connectivity index (χ3v) is 3.98. The number of amides is 1. The Morgan fingerprint density at radius 3 is 2.59 bits per heavy atom. The smallest absolute Gasteiger partial charge is 0.410 e. The molecule has 1 saturated carbocycles. The van der Waals surface area contributed by atoms with E-state index in [-0.39, 0.29) is 12.1 Å². The van der Waals surface area contributed by atoms with E-state index in [1.165, 1.54) is 0 Å². The maximum Gasteiger partial charge on any atom is 0.410 e. The van der Waals surface area contributed by atoms with Gasteiger partial charge in [-0.15, -0.1) is 6.58 Å². The molecule has 1 heterocycles. The van der Waals surface area contributed by atoms with Crippen molar-refractivity contribution in [3.8, 4) is 0 Å². The predicted octanol–water partition coefficient (Wildman–Crippen LogP) is 3.06. The van der Waals surface area contributed by atoms with Gasteiger partial charge in [0.1, 0.15) is 5.60 Å². The summed E-state index contributed by atoms with van der Waals surface area (Å²) < 4.78 is 5.45. The fourth-order valence-electron chi connectivity index (χ4n) is 2.85. The van der Waals surface area contributed by atoms with Gasteiger partial charge < -0.3 is 9.64 Å². The van der Waals surface area contributed by atoms with E-state index in [0.717, 1.165) is 24.8 Å². The normalized spacial score (nSPS) is 36.1. The third kappa shape index (κ3) is 2.48. The van der Waals surface area contributed by atoms with Gasteiger partial charge >= 0.3 is 6.09 Å². The standard InChI is InChI=1S/C14H23NO2/c1-6-10-7-11-9(2)12(11)8-15(10)13(16)17-14(3,4)5/h6,9-12H,1,7-8H2,2-5H3. The first-order chi connectivity index (χ1) is 7.83. The van der Waals surface area contributed by atoms with E-state index in [4.69, 9.17) is 4.74 Å². The number of fused-ring (bicyclic) bond motifs is 1. The molecule has 1 amide bonds. The number of carbonyl (C=O) groups is 1. The lowest BCUT2D eigenvalue weighted by Gasteiger charge is -2.34. The van der Waals surface area contributed by atoms with Crippen LogP contribution < -0.4 is 0 Å². The summed E-state index contributed by atoms with van der Waals surface area (Å²) in [5, 5.41) is 0. The van der Waals surface area contributed by atoms with E-state index in [1.54, 1.807) is 0 Å². The van der Waals surface area contributed by atoms with Crippen LogP contribution >= 0.6 is 0 Å². The van der Waals surface area contributed by atoms with Crippen LogP contribution in [0.3, 0.4) is 0 Å². The second kappa shape index (κ2) is 4.04. The van der Waals surface area contributed by atoms with Crippen LogP contribution in [0.4, 0.5) is 4.79 Å². The van der Waals surface area contributed by atoms with E-state index in [9.17, 15) is 4.79 Å². The number of carbonyl (C=O) groups excluding carboxylic acids is 1. The SMILES string of the molecule is C=CC1CC2C(C)C2CN1C(=O)OC(C)(C)C. The van der Waals surface area contributed by atoms with E-state index in [2.05, 4.69) is 13.5 Å². The lowest BCUT2D eigenvalue weighted by atomic mass is 10.0. The highest BCUT2D eigenvalue weighted by molar-refractivity contribution is 5.69. The molecule has 0 spiro atoms. The van der Waals surface area contributed by atoms with Gasteiger partial charge in [0.05, 0.1) is 6.04 Å². The summed E-state index contributed by atoms with van der Waals surface area (Å²) in [7, 11) is 0. The van der Waals surface area contributed by atoms with Gasteiger partial charge in [-0.25, -0.2) is 4.79 Å². The number of piperidine rings is 1. The van der Waals surface area contributed by atoms with Crippen LogP contribution in [0.2, 0.25) is 0 Å². The summed E-state index contributed by atoms with van der Waals surface area (Å²) in [6, 6.07) is 0.149. The third-order valence-electron chi connectivity index (χ3n) is 3.98. The van der Waals surface area contributed by atoms with Gasteiger partial charge in [0, 0.05) is 6.54 Å². The quantitative estimate of drug-likeness (QED) is 0.656. The largest absolute Gasteiger partial charge is 0.444 e. The highest BCUT2D eigenvalue weighted by Gasteiger charge is 2.53. The zero-order valence-corrected chi connectivity index (χ0v) is 11.3. The van der Waals surface area contributed by atoms with Crippen molar-refractivity contribution in [1.29, 1.82) is 0 Å². The van der Waals surface area contributed by atoms with E-state index < -0.39 is 5.60 Å². The van der Waals surface area contributed by atoms with Gasteiger partial charge in [0.15, 0.2) is 0 Å². The minimum absolute atomic E-state index is 0.149. The van der Waals surface area contributed by atoms with Crippen molar-refractivity contribution in [2.45, 2.75) is 45.8 Å². The number of likely N-dealkylation sites (tertiary alicyclic amines) is 1. The van der Waals surface area contributed by atoms with Crippen molar-refractivity contribution >= 4 is 6.09 Å². The first-order valence-corrected chi connectivity index (χ1v) is 6.45. The topological polar surface area (TPSA) is 29.5 Å².